The number of carbonyl (C=O) groups is 1. The Kier molecular flexibility index (Phi) is 9.43. The molecule has 0 amide bonds. The Hall–Kier alpha value is -2.99. The summed E-state index contributed by atoms with van der Waals surface area (Å²) in [5, 5.41) is 23.4. The number of hydrogen-bond acceptors (Lipinski definition) is 4. The lowest BCUT2D eigenvalue weighted by atomic mass is 9.94. The molecule has 192 valence electrons. The van der Waals surface area contributed by atoms with E-state index in [1.807, 2.05) is 43.3 Å². The number of ether oxygens (including phenoxy) is 1. The fourth-order valence-corrected chi connectivity index (χ4v) is 4.45. The lowest BCUT2D eigenvalue weighted by Crippen LogP contribution is -2.46. The average Bonchev–Trinajstić information content (AvgIpc) is 2.86. The van der Waals surface area contributed by atoms with Gasteiger partial charge in [-0.15, -0.1) is 0 Å². The van der Waals surface area contributed by atoms with Gasteiger partial charge in [0, 0.05) is 12.1 Å². The topological polar surface area (TPSA) is 78.8 Å². The number of benzene rings is 3. The van der Waals surface area contributed by atoms with E-state index in [4.69, 9.17) is 4.74 Å². The first kappa shape index (κ1) is 27.6. The number of rotatable bonds is 12. The van der Waals surface area contributed by atoms with Crippen molar-refractivity contribution >= 4 is 5.97 Å². The highest BCUT2D eigenvalue weighted by Crippen LogP contribution is 2.31. The molecule has 0 saturated heterocycles. The van der Waals surface area contributed by atoms with Crippen molar-refractivity contribution in [3.05, 3.63) is 94.5 Å². The molecule has 0 aliphatic carbocycles. The average molecular weight is 490 g/mol. The minimum atomic E-state index is -0.927. The molecule has 0 spiro atoms. The van der Waals surface area contributed by atoms with E-state index in [-0.39, 0.29) is 18.2 Å². The highest BCUT2D eigenvalue weighted by Gasteiger charge is 2.20. The third-order valence-corrected chi connectivity index (χ3v) is 6.60. The van der Waals surface area contributed by atoms with Crippen LogP contribution in [-0.4, -0.2) is 41.0 Å². The molecule has 0 radical (unpaired) electrons. The fraction of sp³-hybridized carbons (Fsp3) is 0.387. The van der Waals surface area contributed by atoms with Gasteiger partial charge in [0.2, 0.25) is 0 Å². The van der Waals surface area contributed by atoms with E-state index in [2.05, 4.69) is 50.4 Å². The van der Waals surface area contributed by atoms with Crippen LogP contribution in [0.2, 0.25) is 0 Å². The van der Waals surface area contributed by atoms with Crippen LogP contribution >= 0.6 is 0 Å². The van der Waals surface area contributed by atoms with Crippen LogP contribution in [0.3, 0.4) is 0 Å². The molecular weight excluding hydrogens is 450 g/mol. The maximum absolute atomic E-state index is 11.4. The predicted octanol–water partition coefficient (Wildman–Crippen LogP) is 5.97. The van der Waals surface area contributed by atoms with E-state index in [0.29, 0.717) is 17.7 Å². The first-order valence-electron chi connectivity index (χ1n) is 12.7. The van der Waals surface area contributed by atoms with Crippen LogP contribution in [0.25, 0.3) is 11.1 Å². The zero-order valence-corrected chi connectivity index (χ0v) is 22.0. The number of aryl methyl sites for hydroxylation is 2. The van der Waals surface area contributed by atoms with Crippen molar-refractivity contribution in [2.75, 3.05) is 13.2 Å². The first-order valence-corrected chi connectivity index (χ1v) is 12.7. The number of β-amino-alcohol motifs (C(OH)–C–C–N with tert-alkyl or cyclic N) is 1. The molecule has 3 aromatic carbocycles. The summed E-state index contributed by atoms with van der Waals surface area (Å²) in [7, 11) is 0. The van der Waals surface area contributed by atoms with Gasteiger partial charge in [0.15, 0.2) is 0 Å². The number of nitrogens with one attached hydrogen (secondary N) is 1. The summed E-state index contributed by atoms with van der Waals surface area (Å²) in [4.78, 5) is 11.4. The number of aliphatic hydroxyl groups excluding tert-OH is 1. The van der Waals surface area contributed by atoms with Crippen LogP contribution in [0, 0.1) is 6.92 Å². The summed E-state index contributed by atoms with van der Waals surface area (Å²) in [6.07, 6.45) is 1.03. The smallest absolute Gasteiger partial charge is 0.335 e. The lowest BCUT2D eigenvalue weighted by molar-refractivity contribution is -0.00397. The van der Waals surface area contributed by atoms with Gasteiger partial charge in [-0.3, -0.25) is 0 Å². The normalized spacial score (nSPS) is 13.4. The minimum Gasteiger partial charge on any atom is -0.478 e. The van der Waals surface area contributed by atoms with E-state index in [1.165, 1.54) is 11.1 Å². The number of hydrogen-bond donors (Lipinski definition) is 3. The molecule has 0 bridgehead atoms. The molecular formula is C31H39NO4. The van der Waals surface area contributed by atoms with Crippen molar-refractivity contribution in [1.29, 1.82) is 0 Å². The first-order chi connectivity index (χ1) is 17.1. The maximum Gasteiger partial charge on any atom is 0.335 e. The van der Waals surface area contributed by atoms with Gasteiger partial charge in [0.25, 0.3) is 0 Å². The zero-order chi connectivity index (χ0) is 26.3. The maximum atomic E-state index is 11.4. The van der Waals surface area contributed by atoms with E-state index in [1.54, 1.807) is 13.0 Å². The number of carboxylic acids is 1. The molecule has 0 heterocycles. The zero-order valence-electron chi connectivity index (χ0n) is 22.0. The van der Waals surface area contributed by atoms with Crippen molar-refractivity contribution < 1.29 is 19.7 Å². The standard InChI is InChI=1S/C31H39NO4/c1-6-23-11-13-24(14-12-23)18-31(4,5)32-19-26(33)20-36-22(3)28-9-7-8-10-29(28)25-15-16-27(30(34)35)21(2)17-25/h7-17,22,26,32-33H,6,18-20H2,1-5H3,(H,34,35). The molecule has 3 rings (SSSR count). The Morgan fingerprint density at radius 3 is 2.33 bits per heavy atom. The van der Waals surface area contributed by atoms with Gasteiger partial charge in [-0.25, -0.2) is 4.79 Å². The van der Waals surface area contributed by atoms with Crippen molar-refractivity contribution in [2.24, 2.45) is 0 Å². The van der Waals surface area contributed by atoms with E-state index in [9.17, 15) is 15.0 Å². The highest BCUT2D eigenvalue weighted by molar-refractivity contribution is 5.90. The summed E-state index contributed by atoms with van der Waals surface area (Å²) < 4.78 is 6.07. The molecule has 0 saturated carbocycles. The summed E-state index contributed by atoms with van der Waals surface area (Å²) in [6, 6.07) is 22.0. The molecule has 36 heavy (non-hydrogen) atoms. The molecule has 3 aromatic rings. The SMILES string of the molecule is CCc1ccc(CC(C)(C)NCC(O)COC(C)c2ccccc2-c2ccc(C(=O)O)c(C)c2)cc1. The molecule has 0 aliphatic heterocycles. The molecule has 0 aliphatic rings. The van der Waals surface area contributed by atoms with Gasteiger partial charge < -0.3 is 20.3 Å². The van der Waals surface area contributed by atoms with Crippen LogP contribution in [0.4, 0.5) is 0 Å². The van der Waals surface area contributed by atoms with Crippen molar-refractivity contribution in [1.82, 2.24) is 5.32 Å². The Bertz CT molecular complexity index is 1150. The molecule has 3 N–H and O–H groups in total. The minimum absolute atomic E-state index is 0.160. The van der Waals surface area contributed by atoms with Gasteiger partial charge in [0.05, 0.1) is 24.4 Å². The summed E-state index contributed by atoms with van der Waals surface area (Å²) >= 11 is 0. The summed E-state index contributed by atoms with van der Waals surface area (Å²) in [5.41, 5.74) is 6.40. The molecule has 0 fully saturated rings. The Labute approximate surface area is 215 Å². The highest BCUT2D eigenvalue weighted by atomic mass is 16.5. The number of carboxylic acid groups (broad SMARTS) is 1. The molecule has 2 atom stereocenters. The number of aliphatic hydroxyl groups is 1. The number of aromatic carboxylic acids is 1. The lowest BCUT2D eigenvalue weighted by Gasteiger charge is -2.28. The van der Waals surface area contributed by atoms with Gasteiger partial charge in [0.1, 0.15) is 0 Å². The van der Waals surface area contributed by atoms with Crippen molar-refractivity contribution in [3.8, 4) is 11.1 Å². The van der Waals surface area contributed by atoms with Gasteiger partial charge in [-0.05, 0) is 80.0 Å². The predicted molar refractivity (Wildman–Crippen MR) is 146 cm³/mol. The third-order valence-electron chi connectivity index (χ3n) is 6.60. The van der Waals surface area contributed by atoms with Crippen LogP contribution in [0.1, 0.15) is 66.4 Å². The molecule has 5 heteroatoms. The molecule has 0 aromatic heterocycles. The second-order valence-electron chi connectivity index (χ2n) is 10.2. The summed E-state index contributed by atoms with van der Waals surface area (Å²) in [6.45, 7) is 10.9. The van der Waals surface area contributed by atoms with Crippen molar-refractivity contribution in [2.45, 2.75) is 65.2 Å². The van der Waals surface area contributed by atoms with Gasteiger partial charge >= 0.3 is 5.97 Å². The van der Waals surface area contributed by atoms with Crippen LogP contribution in [0.15, 0.2) is 66.7 Å². The third kappa shape index (κ3) is 7.50. The quantitative estimate of drug-likeness (QED) is 0.292. The van der Waals surface area contributed by atoms with Gasteiger partial charge in [-0.2, -0.15) is 0 Å². The fourth-order valence-electron chi connectivity index (χ4n) is 4.45. The summed E-state index contributed by atoms with van der Waals surface area (Å²) in [5.74, 6) is -0.927. The Balaban J connectivity index is 1.57. The van der Waals surface area contributed by atoms with Crippen LogP contribution < -0.4 is 5.32 Å². The van der Waals surface area contributed by atoms with Gasteiger partial charge in [-0.1, -0.05) is 67.6 Å². The second-order valence-corrected chi connectivity index (χ2v) is 10.2. The molecule has 5 nitrogen and oxygen atoms in total. The largest absolute Gasteiger partial charge is 0.478 e. The van der Waals surface area contributed by atoms with E-state index >= 15 is 0 Å². The van der Waals surface area contributed by atoms with Crippen LogP contribution in [-0.2, 0) is 17.6 Å². The Morgan fingerprint density at radius 1 is 1.03 bits per heavy atom. The van der Waals surface area contributed by atoms with Crippen LogP contribution in [0.5, 0.6) is 0 Å². The van der Waals surface area contributed by atoms with E-state index in [0.717, 1.165) is 29.5 Å². The second kappa shape index (κ2) is 12.3. The van der Waals surface area contributed by atoms with Crippen molar-refractivity contribution in [3.63, 3.8) is 0 Å². The monoisotopic (exact) mass is 489 g/mol. The molecule has 2 unspecified atom stereocenters. The Morgan fingerprint density at radius 2 is 1.69 bits per heavy atom. The van der Waals surface area contributed by atoms with E-state index < -0.39 is 12.1 Å².